The van der Waals surface area contributed by atoms with E-state index in [4.69, 9.17) is 0 Å². The maximum Gasteiger partial charge on any atom is 0.264 e. The van der Waals surface area contributed by atoms with Crippen LogP contribution in [-0.2, 0) is 16.4 Å². The van der Waals surface area contributed by atoms with Gasteiger partial charge in [0.2, 0.25) is 0 Å². The molecule has 0 saturated carbocycles. The van der Waals surface area contributed by atoms with Crippen LogP contribution in [0.4, 0.5) is 5.69 Å². The first-order chi connectivity index (χ1) is 9.59. The number of fused-ring (bicyclic) bond motifs is 1. The highest BCUT2D eigenvalue weighted by molar-refractivity contribution is 9.10. The number of sulfonamides is 1. The first-order valence-corrected chi connectivity index (χ1v) is 8.68. The van der Waals surface area contributed by atoms with Crippen molar-refractivity contribution in [3.8, 4) is 0 Å². The van der Waals surface area contributed by atoms with Crippen LogP contribution >= 0.6 is 15.9 Å². The van der Waals surface area contributed by atoms with Crippen molar-refractivity contribution in [1.82, 2.24) is 0 Å². The number of halogens is 1. The van der Waals surface area contributed by atoms with E-state index in [1.165, 1.54) is 4.31 Å². The van der Waals surface area contributed by atoms with E-state index >= 15 is 0 Å². The molecule has 104 valence electrons. The molecule has 1 aliphatic heterocycles. The third-order valence-corrected chi connectivity index (χ3v) is 5.78. The van der Waals surface area contributed by atoms with E-state index in [1.807, 2.05) is 24.3 Å². The van der Waals surface area contributed by atoms with Crippen molar-refractivity contribution < 1.29 is 8.42 Å². The summed E-state index contributed by atoms with van der Waals surface area (Å²) in [5.74, 6) is 0. The molecule has 3 rings (SSSR count). The molecule has 0 amide bonds. The molecule has 0 bridgehead atoms. The zero-order chi connectivity index (χ0) is 14.2. The van der Waals surface area contributed by atoms with Gasteiger partial charge >= 0.3 is 0 Å². The summed E-state index contributed by atoms with van der Waals surface area (Å²) in [7, 11) is -3.48. The number of anilines is 1. The Balaban J connectivity index is 2.11. The largest absolute Gasteiger partial charge is 0.266 e. The predicted molar refractivity (Wildman–Crippen MR) is 83.4 cm³/mol. The molecule has 0 saturated heterocycles. The van der Waals surface area contributed by atoms with Crippen molar-refractivity contribution in [3.63, 3.8) is 0 Å². The van der Waals surface area contributed by atoms with E-state index in [-0.39, 0.29) is 0 Å². The average molecular weight is 352 g/mol. The van der Waals surface area contributed by atoms with Gasteiger partial charge < -0.3 is 0 Å². The molecule has 0 radical (unpaired) electrons. The minimum absolute atomic E-state index is 0.341. The van der Waals surface area contributed by atoms with E-state index in [1.54, 1.807) is 24.3 Å². The molecule has 1 heterocycles. The van der Waals surface area contributed by atoms with Gasteiger partial charge in [-0.3, -0.25) is 4.31 Å². The summed E-state index contributed by atoms with van der Waals surface area (Å²) >= 11 is 3.42. The van der Waals surface area contributed by atoms with Gasteiger partial charge in [0.05, 0.1) is 10.6 Å². The number of hydrogen-bond acceptors (Lipinski definition) is 2. The third-order valence-electron chi connectivity index (χ3n) is 3.45. The van der Waals surface area contributed by atoms with Crippen molar-refractivity contribution in [2.45, 2.75) is 17.7 Å². The van der Waals surface area contributed by atoms with Crippen molar-refractivity contribution in [3.05, 3.63) is 58.6 Å². The van der Waals surface area contributed by atoms with Crippen molar-refractivity contribution in [2.75, 3.05) is 10.8 Å². The summed E-state index contributed by atoms with van der Waals surface area (Å²) in [4.78, 5) is 0.341. The molecule has 0 aromatic heterocycles. The number of rotatable bonds is 2. The fourth-order valence-corrected chi connectivity index (χ4v) is 4.39. The van der Waals surface area contributed by atoms with Crippen LogP contribution < -0.4 is 4.31 Å². The van der Waals surface area contributed by atoms with Gasteiger partial charge in [0.25, 0.3) is 10.0 Å². The van der Waals surface area contributed by atoms with Crippen molar-refractivity contribution in [2.24, 2.45) is 0 Å². The Morgan fingerprint density at radius 3 is 2.55 bits per heavy atom. The molecule has 20 heavy (non-hydrogen) atoms. The van der Waals surface area contributed by atoms with Gasteiger partial charge in [-0.1, -0.05) is 40.2 Å². The smallest absolute Gasteiger partial charge is 0.264 e. The van der Waals surface area contributed by atoms with E-state index in [0.717, 1.165) is 28.6 Å². The second-order valence-corrected chi connectivity index (χ2v) is 7.54. The minimum atomic E-state index is -3.48. The predicted octanol–water partition coefficient (Wildman–Crippen LogP) is 3.59. The maximum absolute atomic E-state index is 12.8. The number of nitrogens with zero attached hydrogens (tertiary/aromatic N) is 1. The Hall–Kier alpha value is -1.33. The molecule has 5 heteroatoms. The van der Waals surface area contributed by atoms with Crippen LogP contribution in [0, 0.1) is 0 Å². The molecule has 2 aromatic carbocycles. The summed E-state index contributed by atoms with van der Waals surface area (Å²) < 4.78 is 28.0. The minimum Gasteiger partial charge on any atom is -0.266 e. The SMILES string of the molecule is O=S(=O)(c1ccccc1)N1CCCc2ccc(Br)cc21. The quantitative estimate of drug-likeness (QED) is 0.828. The lowest BCUT2D eigenvalue weighted by atomic mass is 10.0. The lowest BCUT2D eigenvalue weighted by Crippen LogP contribution is -2.35. The zero-order valence-electron chi connectivity index (χ0n) is 10.8. The molecule has 0 unspecified atom stereocenters. The summed E-state index contributed by atoms with van der Waals surface area (Å²) in [5.41, 5.74) is 1.87. The number of hydrogen-bond donors (Lipinski definition) is 0. The molecular weight excluding hydrogens is 338 g/mol. The summed E-state index contributed by atoms with van der Waals surface area (Å²) in [6, 6.07) is 14.4. The lowest BCUT2D eigenvalue weighted by molar-refractivity contribution is 0.586. The van der Waals surface area contributed by atoms with Crippen LogP contribution in [0.15, 0.2) is 57.9 Å². The first-order valence-electron chi connectivity index (χ1n) is 6.45. The highest BCUT2D eigenvalue weighted by Crippen LogP contribution is 2.33. The van der Waals surface area contributed by atoms with Gasteiger partial charge in [-0.25, -0.2) is 8.42 Å². The number of aryl methyl sites for hydroxylation is 1. The van der Waals surface area contributed by atoms with Gasteiger partial charge in [-0.15, -0.1) is 0 Å². The van der Waals surface area contributed by atoms with E-state index < -0.39 is 10.0 Å². The topological polar surface area (TPSA) is 37.4 Å². The maximum atomic E-state index is 12.8. The van der Waals surface area contributed by atoms with Crippen LogP contribution in [-0.4, -0.2) is 15.0 Å². The Morgan fingerprint density at radius 1 is 1.05 bits per heavy atom. The monoisotopic (exact) mass is 351 g/mol. The van der Waals surface area contributed by atoms with Crippen LogP contribution in [0.5, 0.6) is 0 Å². The highest BCUT2D eigenvalue weighted by atomic mass is 79.9. The molecule has 0 atom stereocenters. The molecule has 2 aromatic rings. The van der Waals surface area contributed by atoms with Gasteiger partial charge in [0.1, 0.15) is 0 Å². The van der Waals surface area contributed by atoms with Crippen molar-refractivity contribution >= 4 is 31.6 Å². The van der Waals surface area contributed by atoms with E-state index in [9.17, 15) is 8.42 Å². The van der Waals surface area contributed by atoms with Gasteiger partial charge in [0.15, 0.2) is 0 Å². The van der Waals surface area contributed by atoms with Gasteiger partial charge in [0, 0.05) is 11.0 Å². The van der Waals surface area contributed by atoms with Crippen LogP contribution in [0.2, 0.25) is 0 Å². The lowest BCUT2D eigenvalue weighted by Gasteiger charge is -2.30. The summed E-state index contributed by atoms with van der Waals surface area (Å²) in [6.07, 6.45) is 1.77. The summed E-state index contributed by atoms with van der Waals surface area (Å²) in [5, 5.41) is 0. The Kier molecular flexibility index (Phi) is 3.56. The Morgan fingerprint density at radius 2 is 1.80 bits per heavy atom. The molecule has 0 aliphatic carbocycles. The second-order valence-electron chi connectivity index (χ2n) is 4.77. The fourth-order valence-electron chi connectivity index (χ4n) is 2.48. The Bertz CT molecular complexity index is 729. The number of benzene rings is 2. The molecule has 0 N–H and O–H groups in total. The van der Waals surface area contributed by atoms with Crippen LogP contribution in [0.3, 0.4) is 0 Å². The van der Waals surface area contributed by atoms with E-state index in [2.05, 4.69) is 15.9 Å². The highest BCUT2D eigenvalue weighted by Gasteiger charge is 2.28. The molecule has 0 spiro atoms. The van der Waals surface area contributed by atoms with Gasteiger partial charge in [-0.2, -0.15) is 0 Å². The van der Waals surface area contributed by atoms with E-state index in [0.29, 0.717) is 11.4 Å². The molecule has 3 nitrogen and oxygen atoms in total. The first kappa shape index (κ1) is 13.6. The van der Waals surface area contributed by atoms with Gasteiger partial charge in [-0.05, 0) is 42.7 Å². The van der Waals surface area contributed by atoms with Crippen LogP contribution in [0.25, 0.3) is 0 Å². The molecule has 1 aliphatic rings. The Labute approximate surface area is 127 Å². The average Bonchev–Trinajstić information content (AvgIpc) is 2.47. The summed E-state index contributed by atoms with van der Waals surface area (Å²) in [6.45, 7) is 0.528. The standard InChI is InChI=1S/C15H14BrNO2S/c16-13-9-8-12-5-4-10-17(15(12)11-13)20(18,19)14-6-2-1-3-7-14/h1-3,6-9,11H,4-5,10H2. The van der Waals surface area contributed by atoms with Crippen molar-refractivity contribution in [1.29, 1.82) is 0 Å². The fraction of sp³-hybridized carbons (Fsp3) is 0.200. The molecular formula is C15H14BrNO2S. The van der Waals surface area contributed by atoms with Crippen LogP contribution in [0.1, 0.15) is 12.0 Å². The zero-order valence-corrected chi connectivity index (χ0v) is 13.2. The normalized spacial score (nSPS) is 14.9. The third kappa shape index (κ3) is 2.36. The second kappa shape index (κ2) is 5.22. The molecule has 0 fully saturated rings.